The lowest BCUT2D eigenvalue weighted by atomic mass is 10.2. The molecule has 1 aromatic rings. The van der Waals surface area contributed by atoms with Crippen LogP contribution in [-0.2, 0) is 4.79 Å². The smallest absolute Gasteiger partial charge is 0.391 e. The maximum absolute atomic E-state index is 12.3. The van der Waals surface area contributed by atoms with E-state index < -0.39 is 30.5 Å². The largest absolute Gasteiger partial charge is 0.480 e. The monoisotopic (exact) mass is 339 g/mol. The number of carboxylic acids is 1. The van der Waals surface area contributed by atoms with Gasteiger partial charge in [0, 0.05) is 5.92 Å². The molecule has 1 amide bonds. The first-order valence-corrected chi connectivity index (χ1v) is 6.52. The highest BCUT2D eigenvalue weighted by molar-refractivity contribution is 6.33. The topological polar surface area (TPSA) is 92.2 Å². The van der Waals surface area contributed by atoms with Gasteiger partial charge in [-0.15, -0.1) is 0 Å². The Hall–Kier alpha value is -1.90. The molecular weight excluding hydrogens is 327 g/mol. The Morgan fingerprint density at radius 1 is 1.41 bits per heavy atom. The van der Waals surface area contributed by atoms with E-state index in [1.807, 2.05) is 0 Å². The predicted octanol–water partition coefficient (Wildman–Crippen LogP) is 2.39. The summed E-state index contributed by atoms with van der Waals surface area (Å²) in [6, 6.07) is -2.12. The summed E-state index contributed by atoms with van der Waals surface area (Å²) < 4.78 is 36.9. The van der Waals surface area contributed by atoms with Gasteiger partial charge in [-0.3, -0.25) is 4.79 Å². The molecule has 1 unspecified atom stereocenters. The molecule has 10 heteroatoms. The normalized spacial score (nSPS) is 13.0. The van der Waals surface area contributed by atoms with Gasteiger partial charge in [0.2, 0.25) is 0 Å². The molecule has 0 bridgehead atoms. The molecule has 0 aliphatic rings. The van der Waals surface area contributed by atoms with Crippen LogP contribution in [-0.4, -0.2) is 39.2 Å². The molecule has 0 saturated carbocycles. The van der Waals surface area contributed by atoms with Crippen molar-refractivity contribution in [2.45, 2.75) is 38.4 Å². The maximum Gasteiger partial charge on any atom is 0.391 e. The summed E-state index contributed by atoms with van der Waals surface area (Å²) in [5, 5.41) is 10.3. The van der Waals surface area contributed by atoms with Crippen LogP contribution in [0.15, 0.2) is 6.20 Å². The Bertz CT molecular complexity index is 578. The van der Waals surface area contributed by atoms with Crippen molar-refractivity contribution in [3.8, 4) is 0 Å². The van der Waals surface area contributed by atoms with E-state index in [0.29, 0.717) is 0 Å². The van der Waals surface area contributed by atoms with Crippen LogP contribution >= 0.6 is 11.6 Å². The Balaban J connectivity index is 3.00. The molecule has 22 heavy (non-hydrogen) atoms. The number of carboxylic acid groups (broad SMARTS) is 1. The fourth-order valence-corrected chi connectivity index (χ4v) is 1.65. The number of aromatic nitrogens is 2. The number of hydrogen-bond acceptors (Lipinski definition) is 4. The quantitative estimate of drug-likeness (QED) is 0.859. The number of carbonyl (C=O) groups is 2. The molecule has 1 atom stereocenters. The van der Waals surface area contributed by atoms with E-state index in [2.05, 4.69) is 9.97 Å². The van der Waals surface area contributed by atoms with Crippen LogP contribution in [0.25, 0.3) is 0 Å². The molecule has 122 valence electrons. The van der Waals surface area contributed by atoms with Crippen LogP contribution in [0.2, 0.25) is 5.02 Å². The first-order chi connectivity index (χ1) is 10.0. The van der Waals surface area contributed by atoms with E-state index in [4.69, 9.17) is 16.7 Å². The molecule has 0 saturated heterocycles. The summed E-state index contributed by atoms with van der Waals surface area (Å²) in [7, 11) is 0. The second-order valence-electron chi connectivity index (χ2n) is 4.76. The van der Waals surface area contributed by atoms with Gasteiger partial charge in [0.25, 0.3) is 5.91 Å². The summed E-state index contributed by atoms with van der Waals surface area (Å²) in [6.45, 7) is 3.49. The van der Waals surface area contributed by atoms with E-state index in [1.54, 1.807) is 19.2 Å². The molecule has 0 spiro atoms. The molecule has 0 aliphatic carbocycles. The summed E-state index contributed by atoms with van der Waals surface area (Å²) in [4.78, 5) is 30.5. The number of nitrogens with one attached hydrogen (secondary N) is 1. The van der Waals surface area contributed by atoms with Crippen LogP contribution in [0.4, 0.5) is 13.2 Å². The van der Waals surface area contributed by atoms with Gasteiger partial charge in [0.05, 0.1) is 17.6 Å². The van der Waals surface area contributed by atoms with Crippen molar-refractivity contribution in [1.82, 2.24) is 15.3 Å². The summed E-state index contributed by atoms with van der Waals surface area (Å²) >= 11 is 5.74. The minimum Gasteiger partial charge on any atom is -0.480 e. The van der Waals surface area contributed by atoms with Gasteiger partial charge in [0.15, 0.2) is 0 Å². The average Bonchev–Trinajstić information content (AvgIpc) is 2.36. The molecular formula is C12H13ClF3N3O3. The van der Waals surface area contributed by atoms with Gasteiger partial charge in [-0.25, -0.2) is 14.8 Å². The maximum atomic E-state index is 12.3. The number of aliphatic carboxylic acids is 1. The van der Waals surface area contributed by atoms with Gasteiger partial charge in [-0.1, -0.05) is 25.4 Å². The zero-order valence-electron chi connectivity index (χ0n) is 11.6. The lowest BCUT2D eigenvalue weighted by Gasteiger charge is -2.16. The molecule has 0 radical (unpaired) electrons. The van der Waals surface area contributed by atoms with E-state index in [0.717, 1.165) is 6.20 Å². The Kier molecular flexibility index (Phi) is 5.70. The third-order valence-electron chi connectivity index (χ3n) is 2.53. The van der Waals surface area contributed by atoms with Crippen molar-refractivity contribution >= 4 is 23.5 Å². The van der Waals surface area contributed by atoms with Crippen LogP contribution in [0.3, 0.4) is 0 Å². The Labute approximate surface area is 128 Å². The molecule has 1 heterocycles. The van der Waals surface area contributed by atoms with Crippen molar-refractivity contribution in [2.24, 2.45) is 0 Å². The van der Waals surface area contributed by atoms with Crippen LogP contribution < -0.4 is 5.32 Å². The number of alkyl halides is 3. The van der Waals surface area contributed by atoms with Gasteiger partial charge < -0.3 is 10.4 Å². The number of halogens is 4. The first-order valence-electron chi connectivity index (χ1n) is 6.14. The molecule has 1 aromatic heterocycles. The number of hydrogen-bond donors (Lipinski definition) is 2. The second kappa shape index (κ2) is 6.91. The number of amides is 1. The minimum atomic E-state index is -4.74. The molecule has 0 aromatic carbocycles. The average molecular weight is 340 g/mol. The zero-order valence-corrected chi connectivity index (χ0v) is 12.4. The minimum absolute atomic E-state index is 0.144. The summed E-state index contributed by atoms with van der Waals surface area (Å²) in [6.07, 6.45) is -5.30. The third kappa shape index (κ3) is 5.14. The second-order valence-corrected chi connectivity index (χ2v) is 5.17. The standard InChI is InChI=1S/C12H13ClF3N3O3/c1-5(2)9-17-4-6(13)8(19-9)10(20)18-7(11(21)22)3-12(14,15)16/h4-5,7H,3H2,1-2H3,(H,18,20)(H,21,22). The SMILES string of the molecule is CC(C)c1ncc(Cl)c(C(=O)NC(CC(F)(F)F)C(=O)O)n1. The first kappa shape index (κ1) is 18.1. The molecule has 0 fully saturated rings. The molecule has 0 aliphatic heterocycles. The van der Waals surface area contributed by atoms with Gasteiger partial charge >= 0.3 is 12.1 Å². The van der Waals surface area contributed by atoms with Gasteiger partial charge in [-0.05, 0) is 0 Å². The zero-order chi connectivity index (χ0) is 17.1. The van der Waals surface area contributed by atoms with Gasteiger partial charge in [0.1, 0.15) is 17.6 Å². The van der Waals surface area contributed by atoms with Crippen LogP contribution in [0.5, 0.6) is 0 Å². The third-order valence-corrected chi connectivity index (χ3v) is 2.81. The Morgan fingerprint density at radius 3 is 2.45 bits per heavy atom. The Morgan fingerprint density at radius 2 is 2.00 bits per heavy atom. The number of nitrogens with zero attached hydrogens (tertiary/aromatic N) is 2. The van der Waals surface area contributed by atoms with Crippen molar-refractivity contribution in [3.63, 3.8) is 0 Å². The summed E-state index contributed by atoms with van der Waals surface area (Å²) in [5.74, 6) is -2.79. The molecule has 6 nitrogen and oxygen atoms in total. The van der Waals surface area contributed by atoms with E-state index in [9.17, 15) is 22.8 Å². The summed E-state index contributed by atoms with van der Waals surface area (Å²) in [5.41, 5.74) is -0.367. The van der Waals surface area contributed by atoms with Crippen molar-refractivity contribution in [3.05, 3.63) is 22.7 Å². The number of carbonyl (C=O) groups excluding carboxylic acids is 1. The molecule has 2 N–H and O–H groups in total. The van der Waals surface area contributed by atoms with Gasteiger partial charge in [-0.2, -0.15) is 13.2 Å². The highest BCUT2D eigenvalue weighted by atomic mass is 35.5. The van der Waals surface area contributed by atoms with E-state index >= 15 is 0 Å². The lowest BCUT2D eigenvalue weighted by Crippen LogP contribution is -2.44. The predicted molar refractivity (Wildman–Crippen MR) is 70.7 cm³/mol. The lowest BCUT2D eigenvalue weighted by molar-refractivity contribution is -0.157. The van der Waals surface area contributed by atoms with Crippen LogP contribution in [0, 0.1) is 0 Å². The van der Waals surface area contributed by atoms with E-state index in [1.165, 1.54) is 0 Å². The highest BCUT2D eigenvalue weighted by Crippen LogP contribution is 2.22. The highest BCUT2D eigenvalue weighted by Gasteiger charge is 2.36. The fraction of sp³-hybridized carbons (Fsp3) is 0.500. The van der Waals surface area contributed by atoms with Crippen LogP contribution in [0.1, 0.15) is 42.5 Å². The van der Waals surface area contributed by atoms with Crippen molar-refractivity contribution in [2.75, 3.05) is 0 Å². The van der Waals surface area contributed by atoms with Crippen molar-refractivity contribution in [1.29, 1.82) is 0 Å². The van der Waals surface area contributed by atoms with E-state index in [-0.39, 0.29) is 22.5 Å². The fourth-order valence-electron chi connectivity index (χ4n) is 1.48. The van der Waals surface area contributed by atoms with Crippen molar-refractivity contribution < 1.29 is 27.9 Å². The number of rotatable bonds is 5. The molecule has 1 rings (SSSR count).